The lowest BCUT2D eigenvalue weighted by molar-refractivity contribution is -0.121. The van der Waals surface area contributed by atoms with Crippen LogP contribution in [0.2, 0.25) is 0 Å². The Labute approximate surface area is 166 Å². The second-order valence-electron chi connectivity index (χ2n) is 6.58. The Balaban J connectivity index is 1.51. The molecule has 146 valence electrons. The summed E-state index contributed by atoms with van der Waals surface area (Å²) in [6, 6.07) is 20.6. The van der Waals surface area contributed by atoms with E-state index in [-0.39, 0.29) is 36.8 Å². The third-order valence-electron chi connectivity index (χ3n) is 4.70. The second kappa shape index (κ2) is 8.14. The molecule has 0 aliphatic carbocycles. The van der Waals surface area contributed by atoms with Crippen molar-refractivity contribution in [2.45, 2.75) is 6.54 Å². The van der Waals surface area contributed by atoms with E-state index in [9.17, 15) is 14.0 Å². The van der Waals surface area contributed by atoms with Crippen molar-refractivity contribution in [1.29, 1.82) is 0 Å². The number of hydrogen-bond donors (Lipinski definition) is 1. The van der Waals surface area contributed by atoms with Crippen molar-refractivity contribution in [2.75, 3.05) is 13.2 Å². The number of halogens is 1. The van der Waals surface area contributed by atoms with Gasteiger partial charge in [0.1, 0.15) is 13.2 Å². The Morgan fingerprint density at radius 3 is 2.14 bits per heavy atom. The van der Waals surface area contributed by atoms with E-state index in [0.717, 1.165) is 0 Å². The number of hydrogen-bond acceptors (Lipinski definition) is 3. The van der Waals surface area contributed by atoms with Gasteiger partial charge < -0.3 is 14.6 Å². The molecule has 0 fully saturated rings. The van der Waals surface area contributed by atoms with Crippen molar-refractivity contribution in [3.63, 3.8) is 0 Å². The van der Waals surface area contributed by atoms with Gasteiger partial charge in [-0.1, -0.05) is 36.4 Å². The summed E-state index contributed by atoms with van der Waals surface area (Å²) in [6.45, 7) is 0.447. The molecule has 6 heteroatoms. The van der Waals surface area contributed by atoms with Gasteiger partial charge in [0, 0.05) is 10.8 Å². The molecule has 0 aliphatic heterocycles. The van der Waals surface area contributed by atoms with Crippen LogP contribution in [0.4, 0.5) is 4.39 Å². The van der Waals surface area contributed by atoms with Gasteiger partial charge in [-0.25, -0.2) is 4.39 Å². The summed E-state index contributed by atoms with van der Waals surface area (Å²) >= 11 is 0. The van der Waals surface area contributed by atoms with Gasteiger partial charge in [0.2, 0.25) is 5.91 Å². The van der Waals surface area contributed by atoms with Crippen LogP contribution in [0, 0.1) is 5.82 Å². The van der Waals surface area contributed by atoms with Crippen molar-refractivity contribution in [3.05, 3.63) is 88.8 Å². The highest BCUT2D eigenvalue weighted by atomic mass is 19.1. The maximum Gasteiger partial charge on any atom is 0.240 e. The number of pyridine rings is 1. The van der Waals surface area contributed by atoms with E-state index >= 15 is 0 Å². The number of nitrogens with zero attached hydrogens (tertiary/aromatic N) is 1. The van der Waals surface area contributed by atoms with Crippen LogP contribution in [-0.4, -0.2) is 23.6 Å². The molecule has 0 saturated heterocycles. The quantitative estimate of drug-likeness (QED) is 0.405. The molecule has 1 N–H and O–H groups in total. The van der Waals surface area contributed by atoms with Crippen LogP contribution in [0.25, 0.3) is 21.8 Å². The summed E-state index contributed by atoms with van der Waals surface area (Å²) in [4.78, 5) is 25.3. The van der Waals surface area contributed by atoms with E-state index in [4.69, 9.17) is 4.74 Å². The molecule has 5 nitrogen and oxygen atoms in total. The van der Waals surface area contributed by atoms with Crippen molar-refractivity contribution >= 4 is 27.7 Å². The van der Waals surface area contributed by atoms with Gasteiger partial charge in [-0.05, 0) is 36.4 Å². The van der Waals surface area contributed by atoms with Crippen LogP contribution in [-0.2, 0) is 11.3 Å². The lowest BCUT2D eigenvalue weighted by atomic mass is 10.1. The number of para-hydroxylation sites is 3. The lowest BCUT2D eigenvalue weighted by Crippen LogP contribution is -2.31. The molecule has 1 amide bonds. The second-order valence-corrected chi connectivity index (χ2v) is 6.58. The van der Waals surface area contributed by atoms with Gasteiger partial charge >= 0.3 is 0 Å². The molecule has 0 radical (unpaired) electrons. The van der Waals surface area contributed by atoms with E-state index in [1.807, 2.05) is 41.0 Å². The van der Waals surface area contributed by atoms with Crippen LogP contribution < -0.4 is 15.5 Å². The average molecular weight is 390 g/mol. The van der Waals surface area contributed by atoms with Crippen molar-refractivity contribution in [3.8, 4) is 5.75 Å². The minimum absolute atomic E-state index is 0.0499. The predicted molar refractivity (Wildman–Crippen MR) is 111 cm³/mol. The van der Waals surface area contributed by atoms with Gasteiger partial charge in [-0.2, -0.15) is 0 Å². The first-order valence-corrected chi connectivity index (χ1v) is 9.29. The van der Waals surface area contributed by atoms with Crippen LogP contribution in [0.3, 0.4) is 0 Å². The number of rotatable bonds is 6. The molecule has 0 spiro atoms. The zero-order chi connectivity index (χ0) is 20.2. The molecule has 0 aliphatic rings. The summed E-state index contributed by atoms with van der Waals surface area (Å²) < 4.78 is 20.7. The van der Waals surface area contributed by atoms with Crippen LogP contribution in [0.5, 0.6) is 5.75 Å². The SMILES string of the molecule is O=C(Cn1c2ccccc2c(=O)c2ccccc21)NCCOc1ccccc1F. The first-order valence-electron chi connectivity index (χ1n) is 9.29. The fraction of sp³-hybridized carbons (Fsp3) is 0.130. The summed E-state index contributed by atoms with van der Waals surface area (Å²) in [5.74, 6) is -0.509. The average Bonchev–Trinajstić information content (AvgIpc) is 2.75. The van der Waals surface area contributed by atoms with Gasteiger partial charge in [0.25, 0.3) is 0 Å². The smallest absolute Gasteiger partial charge is 0.240 e. The predicted octanol–water partition coefficient (Wildman–Crippen LogP) is 3.49. The monoisotopic (exact) mass is 390 g/mol. The van der Waals surface area contributed by atoms with Crippen molar-refractivity contribution in [1.82, 2.24) is 9.88 Å². The summed E-state index contributed by atoms with van der Waals surface area (Å²) in [5, 5.41) is 3.92. The minimum atomic E-state index is -0.440. The Kier molecular flexibility index (Phi) is 5.24. The number of carbonyl (C=O) groups is 1. The third-order valence-corrected chi connectivity index (χ3v) is 4.70. The van der Waals surface area contributed by atoms with Crippen molar-refractivity contribution < 1.29 is 13.9 Å². The summed E-state index contributed by atoms with van der Waals surface area (Å²) in [5.41, 5.74) is 1.36. The minimum Gasteiger partial charge on any atom is -0.489 e. The normalized spacial score (nSPS) is 10.9. The Morgan fingerprint density at radius 2 is 1.48 bits per heavy atom. The number of carbonyl (C=O) groups excluding carboxylic acids is 1. The first-order chi connectivity index (χ1) is 14.1. The molecule has 1 heterocycles. The maximum atomic E-state index is 13.6. The number of ether oxygens (including phenoxy) is 1. The fourth-order valence-electron chi connectivity index (χ4n) is 3.36. The molecule has 0 bridgehead atoms. The lowest BCUT2D eigenvalue weighted by Gasteiger charge is -2.15. The molecule has 4 aromatic rings. The number of nitrogens with one attached hydrogen (secondary N) is 1. The van der Waals surface area contributed by atoms with Crippen LogP contribution >= 0.6 is 0 Å². The standard InChI is InChI=1S/C23H19FN2O3/c24-18-9-3-6-12-21(18)29-14-13-25-22(27)15-26-19-10-4-1-7-16(19)23(28)17-8-2-5-11-20(17)26/h1-12H,13-15H2,(H,25,27). The number of fused-ring (bicyclic) bond motifs is 2. The fourth-order valence-corrected chi connectivity index (χ4v) is 3.36. The van der Waals surface area contributed by atoms with E-state index in [0.29, 0.717) is 21.8 Å². The van der Waals surface area contributed by atoms with Crippen LogP contribution in [0.15, 0.2) is 77.6 Å². The van der Waals surface area contributed by atoms with E-state index in [1.165, 1.54) is 12.1 Å². The zero-order valence-corrected chi connectivity index (χ0v) is 15.6. The summed E-state index contributed by atoms with van der Waals surface area (Å²) in [7, 11) is 0. The molecular formula is C23H19FN2O3. The highest BCUT2D eigenvalue weighted by Crippen LogP contribution is 2.19. The highest BCUT2D eigenvalue weighted by Gasteiger charge is 2.12. The van der Waals surface area contributed by atoms with E-state index in [2.05, 4.69) is 5.32 Å². The molecule has 4 rings (SSSR count). The molecule has 3 aromatic carbocycles. The maximum absolute atomic E-state index is 13.6. The molecule has 0 saturated carbocycles. The Hall–Kier alpha value is -3.67. The zero-order valence-electron chi connectivity index (χ0n) is 15.6. The van der Waals surface area contributed by atoms with E-state index in [1.54, 1.807) is 24.3 Å². The van der Waals surface area contributed by atoms with Crippen molar-refractivity contribution in [2.24, 2.45) is 0 Å². The van der Waals surface area contributed by atoms with Gasteiger partial charge in [0.05, 0.1) is 17.6 Å². The summed E-state index contributed by atoms with van der Waals surface area (Å²) in [6.07, 6.45) is 0. The van der Waals surface area contributed by atoms with Gasteiger partial charge in [-0.15, -0.1) is 0 Å². The van der Waals surface area contributed by atoms with E-state index < -0.39 is 5.82 Å². The molecule has 1 aromatic heterocycles. The third kappa shape index (κ3) is 3.82. The number of aromatic nitrogens is 1. The molecular weight excluding hydrogens is 371 g/mol. The number of benzene rings is 3. The van der Waals surface area contributed by atoms with Crippen LogP contribution in [0.1, 0.15) is 0 Å². The topological polar surface area (TPSA) is 60.3 Å². The Bertz CT molecular complexity index is 1190. The largest absolute Gasteiger partial charge is 0.489 e. The first kappa shape index (κ1) is 18.7. The molecule has 0 atom stereocenters. The van der Waals surface area contributed by atoms with Gasteiger partial charge in [-0.3, -0.25) is 9.59 Å². The van der Waals surface area contributed by atoms with Gasteiger partial charge in [0.15, 0.2) is 17.0 Å². The molecule has 29 heavy (non-hydrogen) atoms. The molecule has 0 unspecified atom stereocenters. The number of amides is 1. The highest BCUT2D eigenvalue weighted by molar-refractivity contribution is 5.94. The Morgan fingerprint density at radius 1 is 0.897 bits per heavy atom.